The molecule has 0 saturated carbocycles. The van der Waals surface area contributed by atoms with Crippen LogP contribution in [0.25, 0.3) is 0 Å². The van der Waals surface area contributed by atoms with E-state index in [1.807, 2.05) is 13.0 Å². The highest BCUT2D eigenvalue weighted by molar-refractivity contribution is 5.54. The Morgan fingerprint density at radius 1 is 1.37 bits per heavy atom. The number of hydrogen-bond acceptors (Lipinski definition) is 2. The lowest BCUT2D eigenvalue weighted by atomic mass is 10.0. The third-order valence-corrected chi connectivity index (χ3v) is 4.08. The van der Waals surface area contributed by atoms with E-state index in [0.717, 1.165) is 25.1 Å². The first-order chi connectivity index (χ1) is 9.15. The van der Waals surface area contributed by atoms with Crippen LogP contribution in [0.1, 0.15) is 38.7 Å². The largest absolute Gasteiger partial charge is 0.366 e. The molecule has 1 heterocycles. The molecule has 1 aliphatic heterocycles. The number of benzene rings is 1. The number of halogens is 1. The SMILES string of the molecule is CCCC1CN(c2ccc(F)cc2C)C(CC)CN1. The number of nitrogens with one attached hydrogen (secondary N) is 1. The standard InChI is InChI=1S/C16H25FN2/c1-4-6-14-11-19(15(5-2)10-18-14)16-8-7-13(17)9-12(16)3/h7-9,14-15,18H,4-6,10-11H2,1-3H3. The van der Waals surface area contributed by atoms with Crippen molar-refractivity contribution in [3.8, 4) is 0 Å². The summed E-state index contributed by atoms with van der Waals surface area (Å²) >= 11 is 0. The lowest BCUT2D eigenvalue weighted by Crippen LogP contribution is -2.56. The maximum absolute atomic E-state index is 13.3. The van der Waals surface area contributed by atoms with Crippen molar-refractivity contribution in [2.75, 3.05) is 18.0 Å². The number of aryl methyl sites for hydroxylation is 1. The van der Waals surface area contributed by atoms with Gasteiger partial charge < -0.3 is 10.2 Å². The predicted octanol–water partition coefficient (Wildman–Crippen LogP) is 3.49. The Labute approximate surface area is 116 Å². The van der Waals surface area contributed by atoms with Crippen molar-refractivity contribution < 1.29 is 4.39 Å². The van der Waals surface area contributed by atoms with Crippen molar-refractivity contribution >= 4 is 5.69 Å². The quantitative estimate of drug-likeness (QED) is 0.895. The van der Waals surface area contributed by atoms with E-state index in [0.29, 0.717) is 12.1 Å². The smallest absolute Gasteiger partial charge is 0.123 e. The van der Waals surface area contributed by atoms with Crippen LogP contribution in [0.4, 0.5) is 10.1 Å². The lowest BCUT2D eigenvalue weighted by molar-refractivity contribution is 0.369. The van der Waals surface area contributed by atoms with E-state index in [-0.39, 0.29) is 5.82 Å². The molecule has 2 rings (SSSR count). The molecule has 1 fully saturated rings. The number of piperazine rings is 1. The second-order valence-electron chi connectivity index (χ2n) is 5.54. The van der Waals surface area contributed by atoms with Gasteiger partial charge in [0.2, 0.25) is 0 Å². The van der Waals surface area contributed by atoms with Crippen LogP contribution in [0.3, 0.4) is 0 Å². The number of hydrogen-bond donors (Lipinski definition) is 1. The van der Waals surface area contributed by atoms with Crippen LogP contribution in [0, 0.1) is 12.7 Å². The van der Waals surface area contributed by atoms with Crippen LogP contribution in [0.5, 0.6) is 0 Å². The predicted molar refractivity (Wildman–Crippen MR) is 79.3 cm³/mol. The molecule has 1 N–H and O–H groups in total. The fourth-order valence-corrected chi connectivity index (χ4v) is 3.01. The van der Waals surface area contributed by atoms with E-state index in [2.05, 4.69) is 24.1 Å². The fourth-order valence-electron chi connectivity index (χ4n) is 3.01. The molecule has 19 heavy (non-hydrogen) atoms. The Bertz CT molecular complexity index is 419. The molecular weight excluding hydrogens is 239 g/mol. The molecule has 2 unspecified atom stereocenters. The second-order valence-corrected chi connectivity index (χ2v) is 5.54. The molecule has 0 bridgehead atoms. The molecule has 2 nitrogen and oxygen atoms in total. The minimum atomic E-state index is -0.144. The highest BCUT2D eigenvalue weighted by Gasteiger charge is 2.27. The normalized spacial score (nSPS) is 23.7. The zero-order valence-corrected chi connectivity index (χ0v) is 12.2. The average molecular weight is 264 g/mol. The summed E-state index contributed by atoms with van der Waals surface area (Å²) in [4.78, 5) is 2.46. The Kier molecular flexibility index (Phi) is 4.81. The summed E-state index contributed by atoms with van der Waals surface area (Å²) in [7, 11) is 0. The second kappa shape index (κ2) is 6.38. The van der Waals surface area contributed by atoms with Crippen molar-refractivity contribution in [3.05, 3.63) is 29.6 Å². The molecule has 0 amide bonds. The van der Waals surface area contributed by atoms with Gasteiger partial charge in [-0.15, -0.1) is 0 Å². The summed E-state index contributed by atoms with van der Waals surface area (Å²) in [5, 5.41) is 3.64. The first kappa shape index (κ1) is 14.3. The van der Waals surface area contributed by atoms with Crippen molar-refractivity contribution in [1.82, 2.24) is 5.32 Å². The van der Waals surface area contributed by atoms with Gasteiger partial charge in [-0.25, -0.2) is 4.39 Å². The van der Waals surface area contributed by atoms with Crippen molar-refractivity contribution in [2.45, 2.75) is 52.1 Å². The Balaban J connectivity index is 2.22. The van der Waals surface area contributed by atoms with E-state index in [1.54, 1.807) is 12.1 Å². The molecule has 1 aliphatic rings. The minimum absolute atomic E-state index is 0.144. The summed E-state index contributed by atoms with van der Waals surface area (Å²) in [5.41, 5.74) is 2.23. The van der Waals surface area contributed by atoms with Gasteiger partial charge in [-0.1, -0.05) is 20.3 Å². The molecule has 1 saturated heterocycles. The minimum Gasteiger partial charge on any atom is -0.366 e. The molecule has 1 aromatic carbocycles. The van der Waals surface area contributed by atoms with Gasteiger partial charge in [-0.3, -0.25) is 0 Å². The number of rotatable bonds is 4. The summed E-state index contributed by atoms with van der Waals surface area (Å²) in [6.45, 7) is 8.50. The average Bonchev–Trinajstić information content (AvgIpc) is 2.39. The summed E-state index contributed by atoms with van der Waals surface area (Å²) in [5.74, 6) is -0.144. The van der Waals surface area contributed by atoms with Gasteiger partial charge in [0.25, 0.3) is 0 Å². The van der Waals surface area contributed by atoms with Crippen LogP contribution in [0.15, 0.2) is 18.2 Å². The molecule has 3 heteroatoms. The van der Waals surface area contributed by atoms with Gasteiger partial charge >= 0.3 is 0 Å². The first-order valence-electron chi connectivity index (χ1n) is 7.41. The Hall–Kier alpha value is -1.09. The Morgan fingerprint density at radius 3 is 2.79 bits per heavy atom. The fraction of sp³-hybridized carbons (Fsp3) is 0.625. The molecule has 0 aliphatic carbocycles. The van der Waals surface area contributed by atoms with Gasteiger partial charge in [-0.2, -0.15) is 0 Å². The van der Waals surface area contributed by atoms with Crippen LogP contribution in [-0.2, 0) is 0 Å². The lowest BCUT2D eigenvalue weighted by Gasteiger charge is -2.42. The molecule has 2 atom stereocenters. The molecule has 0 radical (unpaired) electrons. The maximum Gasteiger partial charge on any atom is 0.123 e. The summed E-state index contributed by atoms with van der Waals surface area (Å²) in [6, 6.07) is 6.21. The van der Waals surface area contributed by atoms with Crippen molar-refractivity contribution in [1.29, 1.82) is 0 Å². The summed E-state index contributed by atoms with van der Waals surface area (Å²) < 4.78 is 13.3. The first-order valence-corrected chi connectivity index (χ1v) is 7.41. The molecule has 0 aromatic heterocycles. The molecule has 0 spiro atoms. The van der Waals surface area contributed by atoms with Gasteiger partial charge in [0.1, 0.15) is 5.82 Å². The Morgan fingerprint density at radius 2 is 2.16 bits per heavy atom. The number of nitrogens with zero attached hydrogens (tertiary/aromatic N) is 1. The molecule has 1 aromatic rings. The van der Waals surface area contributed by atoms with E-state index < -0.39 is 0 Å². The monoisotopic (exact) mass is 264 g/mol. The number of anilines is 1. The van der Waals surface area contributed by atoms with Gasteiger partial charge in [-0.05, 0) is 43.5 Å². The van der Waals surface area contributed by atoms with E-state index in [1.165, 1.54) is 18.5 Å². The van der Waals surface area contributed by atoms with E-state index >= 15 is 0 Å². The van der Waals surface area contributed by atoms with E-state index in [9.17, 15) is 4.39 Å². The topological polar surface area (TPSA) is 15.3 Å². The zero-order valence-electron chi connectivity index (χ0n) is 12.2. The van der Waals surface area contributed by atoms with Gasteiger partial charge in [0.05, 0.1) is 0 Å². The highest BCUT2D eigenvalue weighted by atomic mass is 19.1. The maximum atomic E-state index is 13.3. The van der Waals surface area contributed by atoms with E-state index in [4.69, 9.17) is 0 Å². The van der Waals surface area contributed by atoms with Crippen LogP contribution in [0.2, 0.25) is 0 Å². The zero-order chi connectivity index (χ0) is 13.8. The van der Waals surface area contributed by atoms with Crippen LogP contribution >= 0.6 is 0 Å². The van der Waals surface area contributed by atoms with Crippen LogP contribution < -0.4 is 10.2 Å². The van der Waals surface area contributed by atoms with Crippen LogP contribution in [-0.4, -0.2) is 25.2 Å². The van der Waals surface area contributed by atoms with Gasteiger partial charge in [0.15, 0.2) is 0 Å². The van der Waals surface area contributed by atoms with Crippen molar-refractivity contribution in [2.24, 2.45) is 0 Å². The highest BCUT2D eigenvalue weighted by Crippen LogP contribution is 2.26. The molecule has 106 valence electrons. The van der Waals surface area contributed by atoms with Crippen molar-refractivity contribution in [3.63, 3.8) is 0 Å². The molecular formula is C16H25FN2. The van der Waals surface area contributed by atoms with Gasteiger partial charge in [0, 0.05) is 30.9 Å². The third-order valence-electron chi connectivity index (χ3n) is 4.08. The summed E-state index contributed by atoms with van der Waals surface area (Å²) in [6.07, 6.45) is 3.51. The third kappa shape index (κ3) is 3.27.